The fourth-order valence-corrected chi connectivity index (χ4v) is 5.76. The van der Waals surface area contributed by atoms with Gasteiger partial charge in [0.1, 0.15) is 10.8 Å². The molecular weight excluding hydrogens is 397 g/mol. The van der Waals surface area contributed by atoms with Crippen molar-refractivity contribution in [2.24, 2.45) is 0 Å². The SMILES string of the molecule is CCCN1CCc2c(sc(Nc3nc4ccc(F)cc4s3)c2C(=O)OCC)C1. The van der Waals surface area contributed by atoms with Crippen LogP contribution in [0.25, 0.3) is 10.2 Å². The van der Waals surface area contributed by atoms with Crippen LogP contribution in [-0.4, -0.2) is 35.5 Å². The van der Waals surface area contributed by atoms with E-state index in [2.05, 4.69) is 22.1 Å². The van der Waals surface area contributed by atoms with Gasteiger partial charge in [0, 0.05) is 18.0 Å². The molecule has 1 N–H and O–H groups in total. The molecule has 1 aliphatic heterocycles. The van der Waals surface area contributed by atoms with Gasteiger partial charge in [-0.3, -0.25) is 4.90 Å². The van der Waals surface area contributed by atoms with Crippen molar-refractivity contribution in [3.8, 4) is 0 Å². The molecule has 0 amide bonds. The molecule has 28 heavy (non-hydrogen) atoms. The van der Waals surface area contributed by atoms with Crippen LogP contribution >= 0.6 is 22.7 Å². The first-order chi connectivity index (χ1) is 13.6. The van der Waals surface area contributed by atoms with Crippen LogP contribution in [0.1, 0.15) is 41.1 Å². The zero-order valence-corrected chi connectivity index (χ0v) is 17.5. The largest absolute Gasteiger partial charge is 0.462 e. The summed E-state index contributed by atoms with van der Waals surface area (Å²) >= 11 is 2.97. The molecule has 148 valence electrons. The predicted molar refractivity (Wildman–Crippen MR) is 112 cm³/mol. The van der Waals surface area contributed by atoms with Crippen molar-refractivity contribution in [3.63, 3.8) is 0 Å². The van der Waals surface area contributed by atoms with Gasteiger partial charge in [0.25, 0.3) is 0 Å². The smallest absolute Gasteiger partial charge is 0.341 e. The molecule has 0 radical (unpaired) electrons. The standard InChI is InChI=1S/C20H22FN3O2S2/c1-3-8-24-9-7-13-16(11-24)27-18(17(13)19(25)26-4-2)23-20-22-14-6-5-12(21)10-15(14)28-20/h5-6,10H,3-4,7-9,11H2,1-2H3,(H,22,23). The Morgan fingerprint density at radius 3 is 3.00 bits per heavy atom. The van der Waals surface area contributed by atoms with E-state index in [4.69, 9.17) is 4.74 Å². The zero-order valence-electron chi connectivity index (χ0n) is 15.9. The number of carbonyl (C=O) groups is 1. The number of nitrogens with zero attached hydrogens (tertiary/aromatic N) is 2. The Kier molecular flexibility index (Phi) is 5.61. The maximum absolute atomic E-state index is 13.5. The highest BCUT2D eigenvalue weighted by molar-refractivity contribution is 7.23. The van der Waals surface area contributed by atoms with Gasteiger partial charge in [-0.1, -0.05) is 18.3 Å². The number of thiazole rings is 1. The number of rotatable bonds is 6. The summed E-state index contributed by atoms with van der Waals surface area (Å²) in [6.45, 7) is 7.19. The molecule has 1 aliphatic rings. The molecule has 0 bridgehead atoms. The van der Waals surface area contributed by atoms with E-state index in [9.17, 15) is 9.18 Å². The highest BCUT2D eigenvalue weighted by atomic mass is 32.1. The van der Waals surface area contributed by atoms with Gasteiger partial charge < -0.3 is 10.1 Å². The minimum atomic E-state index is -0.293. The second kappa shape index (κ2) is 8.14. The molecule has 3 heterocycles. The fraction of sp³-hybridized carbons (Fsp3) is 0.400. The molecule has 0 fully saturated rings. The lowest BCUT2D eigenvalue weighted by molar-refractivity contribution is 0.0526. The molecule has 1 aromatic carbocycles. The highest BCUT2D eigenvalue weighted by Gasteiger charge is 2.29. The summed E-state index contributed by atoms with van der Waals surface area (Å²) in [5, 5.41) is 4.72. The van der Waals surface area contributed by atoms with E-state index in [1.807, 2.05) is 6.92 Å². The molecule has 0 spiro atoms. The van der Waals surface area contributed by atoms with Crippen molar-refractivity contribution in [1.29, 1.82) is 0 Å². The van der Waals surface area contributed by atoms with Crippen LogP contribution in [-0.2, 0) is 17.7 Å². The number of ether oxygens (including phenoxy) is 1. The van der Waals surface area contributed by atoms with Crippen molar-refractivity contribution in [3.05, 3.63) is 40.0 Å². The average molecular weight is 420 g/mol. The Bertz CT molecular complexity index is 1010. The summed E-state index contributed by atoms with van der Waals surface area (Å²) in [7, 11) is 0. The van der Waals surface area contributed by atoms with Gasteiger partial charge in [-0.15, -0.1) is 11.3 Å². The number of thiophene rings is 1. The average Bonchev–Trinajstić information content (AvgIpc) is 3.21. The maximum atomic E-state index is 13.5. The van der Waals surface area contributed by atoms with Gasteiger partial charge in [-0.05, 0) is 50.1 Å². The first-order valence-corrected chi connectivity index (χ1v) is 11.1. The van der Waals surface area contributed by atoms with Crippen LogP contribution in [0.15, 0.2) is 18.2 Å². The molecule has 8 heteroatoms. The van der Waals surface area contributed by atoms with E-state index in [-0.39, 0.29) is 11.8 Å². The molecule has 4 rings (SSSR count). The number of nitrogens with one attached hydrogen (secondary N) is 1. The Morgan fingerprint density at radius 2 is 2.21 bits per heavy atom. The van der Waals surface area contributed by atoms with E-state index >= 15 is 0 Å². The van der Waals surface area contributed by atoms with Gasteiger partial charge in [0.15, 0.2) is 5.13 Å². The van der Waals surface area contributed by atoms with Gasteiger partial charge in [-0.25, -0.2) is 14.2 Å². The van der Waals surface area contributed by atoms with Crippen molar-refractivity contribution in [1.82, 2.24) is 9.88 Å². The molecule has 5 nitrogen and oxygen atoms in total. The third-order valence-corrected chi connectivity index (χ3v) is 6.79. The number of esters is 1. The lowest BCUT2D eigenvalue weighted by Crippen LogP contribution is -2.30. The number of hydrogen-bond acceptors (Lipinski definition) is 7. The predicted octanol–water partition coefficient (Wildman–Crippen LogP) is 5.19. The molecule has 0 atom stereocenters. The summed E-state index contributed by atoms with van der Waals surface area (Å²) in [5.74, 6) is -0.573. The normalized spacial score (nSPS) is 14.2. The summed E-state index contributed by atoms with van der Waals surface area (Å²) in [4.78, 5) is 20.8. The van der Waals surface area contributed by atoms with E-state index in [1.165, 1.54) is 28.3 Å². The molecule has 0 saturated heterocycles. The lowest BCUT2D eigenvalue weighted by Gasteiger charge is -2.26. The highest BCUT2D eigenvalue weighted by Crippen LogP contribution is 2.40. The van der Waals surface area contributed by atoms with E-state index in [1.54, 1.807) is 17.4 Å². The van der Waals surface area contributed by atoms with E-state index in [0.29, 0.717) is 17.3 Å². The Labute approximate surface area is 171 Å². The Morgan fingerprint density at radius 1 is 1.36 bits per heavy atom. The van der Waals surface area contributed by atoms with Crippen molar-refractivity contribution < 1.29 is 13.9 Å². The summed E-state index contributed by atoms with van der Waals surface area (Å²) < 4.78 is 19.6. The van der Waals surface area contributed by atoms with Crippen molar-refractivity contribution >= 4 is 49.0 Å². The molecule has 3 aromatic rings. The van der Waals surface area contributed by atoms with Crippen LogP contribution in [0.2, 0.25) is 0 Å². The van der Waals surface area contributed by atoms with Gasteiger partial charge in [0.05, 0.1) is 22.4 Å². The molecular formula is C20H22FN3O2S2. The van der Waals surface area contributed by atoms with Crippen molar-refractivity contribution in [2.45, 2.75) is 33.2 Å². The minimum absolute atomic E-state index is 0.280. The Hall–Kier alpha value is -2.03. The second-order valence-corrected chi connectivity index (χ2v) is 8.85. The molecule has 0 unspecified atom stereocenters. The topological polar surface area (TPSA) is 54.5 Å². The fourth-order valence-electron chi connectivity index (χ4n) is 3.52. The number of aromatic nitrogens is 1. The molecule has 0 aliphatic carbocycles. The molecule has 2 aromatic heterocycles. The summed E-state index contributed by atoms with van der Waals surface area (Å²) in [5.41, 5.74) is 2.45. The van der Waals surface area contributed by atoms with Gasteiger partial charge >= 0.3 is 5.97 Å². The number of benzene rings is 1. The van der Waals surface area contributed by atoms with E-state index < -0.39 is 0 Å². The van der Waals surface area contributed by atoms with E-state index in [0.717, 1.165) is 53.3 Å². The minimum Gasteiger partial charge on any atom is -0.462 e. The molecule has 0 saturated carbocycles. The number of carbonyl (C=O) groups excluding carboxylic acids is 1. The third kappa shape index (κ3) is 3.76. The quantitative estimate of drug-likeness (QED) is 0.558. The maximum Gasteiger partial charge on any atom is 0.341 e. The number of hydrogen-bond donors (Lipinski definition) is 1. The first-order valence-electron chi connectivity index (χ1n) is 9.46. The van der Waals surface area contributed by atoms with Gasteiger partial charge in [0.2, 0.25) is 0 Å². The number of fused-ring (bicyclic) bond motifs is 2. The van der Waals surface area contributed by atoms with Crippen LogP contribution in [0, 0.1) is 5.82 Å². The summed E-state index contributed by atoms with van der Waals surface area (Å²) in [6, 6.07) is 4.55. The monoisotopic (exact) mass is 419 g/mol. The Balaban J connectivity index is 1.69. The third-order valence-electron chi connectivity index (χ3n) is 4.73. The zero-order chi connectivity index (χ0) is 19.7. The number of anilines is 2. The lowest BCUT2D eigenvalue weighted by atomic mass is 10.0. The van der Waals surface area contributed by atoms with Gasteiger partial charge in [-0.2, -0.15) is 0 Å². The van der Waals surface area contributed by atoms with Crippen LogP contribution in [0.5, 0.6) is 0 Å². The first kappa shape index (κ1) is 19.3. The van der Waals surface area contributed by atoms with Crippen molar-refractivity contribution in [2.75, 3.05) is 25.0 Å². The van der Waals surface area contributed by atoms with Crippen LogP contribution in [0.3, 0.4) is 0 Å². The summed E-state index contributed by atoms with van der Waals surface area (Å²) in [6.07, 6.45) is 1.95. The van der Waals surface area contributed by atoms with Crippen LogP contribution in [0.4, 0.5) is 14.5 Å². The second-order valence-electron chi connectivity index (χ2n) is 6.71. The van der Waals surface area contributed by atoms with Crippen LogP contribution < -0.4 is 5.32 Å². The number of halogens is 1.